The molecule has 4 aliphatic rings. The van der Waals surface area contributed by atoms with Crippen molar-refractivity contribution in [3.8, 4) is 34.6 Å². The third-order valence-electron chi connectivity index (χ3n) is 8.66. The topological polar surface area (TPSA) is 56.7 Å². The van der Waals surface area contributed by atoms with E-state index in [9.17, 15) is 0 Å². The molecular formula is C34H19B2N3O3. The zero-order chi connectivity index (χ0) is 27.4. The number of rotatable bonds is 1. The Morgan fingerprint density at radius 3 is 1.79 bits per heavy atom. The minimum Gasteiger partial charge on any atom is -0.458 e. The normalized spacial score (nSPS) is 14.1. The van der Waals surface area contributed by atoms with Crippen molar-refractivity contribution in [3.05, 3.63) is 115 Å². The van der Waals surface area contributed by atoms with E-state index >= 15 is 0 Å². The van der Waals surface area contributed by atoms with Crippen LogP contribution in [0.15, 0.2) is 115 Å². The fraction of sp³-hybridized carbons (Fsp3) is 0. The number of anilines is 3. The molecule has 6 nitrogen and oxygen atoms in total. The van der Waals surface area contributed by atoms with Crippen molar-refractivity contribution in [1.82, 2.24) is 9.97 Å². The number of hydrogen-bond acceptors (Lipinski definition) is 6. The maximum Gasteiger partial charge on any atom is 0.286 e. The largest absolute Gasteiger partial charge is 0.458 e. The van der Waals surface area contributed by atoms with E-state index in [0.717, 1.165) is 79.0 Å². The minimum absolute atomic E-state index is 0.152. The van der Waals surface area contributed by atoms with Gasteiger partial charge >= 0.3 is 0 Å². The molecule has 10 rings (SSSR count). The first-order valence-corrected chi connectivity index (χ1v) is 14.1. The summed E-state index contributed by atoms with van der Waals surface area (Å²) in [7, 11) is 0. The number of hydrogen-bond donors (Lipinski definition) is 0. The average Bonchev–Trinajstić information content (AvgIpc) is 3.04. The third kappa shape index (κ3) is 2.85. The quantitative estimate of drug-likeness (QED) is 0.298. The van der Waals surface area contributed by atoms with Crippen molar-refractivity contribution in [3.63, 3.8) is 0 Å². The summed E-state index contributed by atoms with van der Waals surface area (Å²) in [6.07, 6.45) is 0. The first kappa shape index (κ1) is 22.2. The second kappa shape index (κ2) is 8.04. The van der Waals surface area contributed by atoms with Gasteiger partial charge in [-0.1, -0.05) is 66.7 Å². The lowest BCUT2D eigenvalue weighted by Gasteiger charge is -2.39. The maximum atomic E-state index is 6.55. The Morgan fingerprint density at radius 1 is 0.476 bits per heavy atom. The van der Waals surface area contributed by atoms with Crippen molar-refractivity contribution >= 4 is 63.7 Å². The standard InChI is InChI=1S/C34H19B2N3O3/c1-2-10-20(11-3-1)39-23-14-8-17-26-29(23)35(21-12-4-6-15-24(21)40-26)31-33(39)38-34-32(37-31)36-22-13-5-7-16-25(22)41-27-18-9-19-28(42-34)30(27)36/h1-19H. The lowest BCUT2D eigenvalue weighted by Crippen LogP contribution is -2.65. The Balaban J connectivity index is 1.30. The molecule has 5 aromatic carbocycles. The molecule has 0 N–H and O–H groups in total. The Bertz CT molecular complexity index is 2120. The molecule has 0 saturated heterocycles. The number of nitrogens with zero attached hydrogens (tertiary/aromatic N) is 3. The van der Waals surface area contributed by atoms with E-state index in [0.29, 0.717) is 5.88 Å². The Labute approximate surface area is 242 Å². The van der Waals surface area contributed by atoms with Crippen LogP contribution in [0.3, 0.4) is 0 Å². The molecule has 0 aliphatic carbocycles. The predicted molar refractivity (Wildman–Crippen MR) is 166 cm³/mol. The van der Waals surface area contributed by atoms with E-state index in [1.807, 2.05) is 78.9 Å². The highest BCUT2D eigenvalue weighted by Crippen LogP contribution is 2.40. The SMILES string of the molecule is c1ccc(N2c3cccc4c3B(c3ccccc3O4)c3nc4c(nc32)Oc2cccc3c2B4c2ccccc2O3)cc1. The van der Waals surface area contributed by atoms with E-state index in [2.05, 4.69) is 41.3 Å². The van der Waals surface area contributed by atoms with Gasteiger partial charge < -0.3 is 14.2 Å². The summed E-state index contributed by atoms with van der Waals surface area (Å²) < 4.78 is 19.4. The van der Waals surface area contributed by atoms with Crippen LogP contribution in [-0.2, 0) is 0 Å². The first-order valence-electron chi connectivity index (χ1n) is 14.1. The molecule has 0 amide bonds. The fourth-order valence-electron chi connectivity index (χ4n) is 6.95. The Morgan fingerprint density at radius 2 is 1.05 bits per heavy atom. The Hall–Kier alpha value is -5.49. The van der Waals surface area contributed by atoms with Gasteiger partial charge in [-0.3, -0.25) is 9.88 Å². The predicted octanol–water partition coefficient (Wildman–Crippen LogP) is 3.61. The summed E-state index contributed by atoms with van der Waals surface area (Å²) in [6.45, 7) is -0.319. The van der Waals surface area contributed by atoms with Crippen molar-refractivity contribution < 1.29 is 14.2 Å². The number of ether oxygens (including phenoxy) is 3. The molecule has 0 unspecified atom stereocenters. The molecule has 5 heterocycles. The van der Waals surface area contributed by atoms with Crippen molar-refractivity contribution in [2.75, 3.05) is 4.90 Å². The zero-order valence-electron chi connectivity index (χ0n) is 22.2. The van der Waals surface area contributed by atoms with Crippen LogP contribution in [0.4, 0.5) is 17.2 Å². The van der Waals surface area contributed by atoms with E-state index < -0.39 is 0 Å². The van der Waals surface area contributed by atoms with Gasteiger partial charge in [0.25, 0.3) is 13.4 Å². The number of benzene rings is 5. The van der Waals surface area contributed by atoms with Crippen LogP contribution < -0.4 is 52.1 Å². The second-order valence-corrected chi connectivity index (χ2v) is 10.9. The molecule has 4 aliphatic heterocycles. The highest BCUT2D eigenvalue weighted by molar-refractivity contribution is 7.00. The summed E-state index contributed by atoms with van der Waals surface area (Å²) in [5, 5.41) is 0. The molecule has 8 heteroatoms. The zero-order valence-corrected chi connectivity index (χ0v) is 22.2. The highest BCUT2D eigenvalue weighted by Gasteiger charge is 2.47. The molecule has 0 saturated carbocycles. The highest BCUT2D eigenvalue weighted by atomic mass is 16.5. The van der Waals surface area contributed by atoms with Crippen LogP contribution in [0.5, 0.6) is 34.6 Å². The van der Waals surface area contributed by atoms with E-state index in [1.54, 1.807) is 0 Å². The number of fused-ring (bicyclic) bond motifs is 8. The number of aromatic nitrogens is 2. The van der Waals surface area contributed by atoms with Crippen LogP contribution in [-0.4, -0.2) is 23.4 Å². The minimum atomic E-state index is -0.167. The van der Waals surface area contributed by atoms with Gasteiger partial charge in [0.15, 0.2) is 5.82 Å². The molecule has 1 aromatic heterocycles. The maximum absolute atomic E-state index is 6.55. The average molecular weight is 539 g/mol. The smallest absolute Gasteiger partial charge is 0.286 e. The van der Waals surface area contributed by atoms with Crippen LogP contribution in [0.25, 0.3) is 0 Å². The van der Waals surface area contributed by atoms with E-state index in [1.165, 1.54) is 0 Å². The van der Waals surface area contributed by atoms with Gasteiger partial charge in [-0.15, -0.1) is 0 Å². The van der Waals surface area contributed by atoms with Crippen molar-refractivity contribution in [2.24, 2.45) is 0 Å². The molecule has 0 atom stereocenters. The molecule has 42 heavy (non-hydrogen) atoms. The lowest BCUT2D eigenvalue weighted by molar-refractivity contribution is 0.452. The first-order chi connectivity index (χ1) is 20.8. The summed E-state index contributed by atoms with van der Waals surface area (Å²) in [6, 6.07) is 38.9. The van der Waals surface area contributed by atoms with Gasteiger partial charge in [-0.05, 0) is 64.9 Å². The summed E-state index contributed by atoms with van der Waals surface area (Å²) in [4.78, 5) is 13.0. The molecule has 0 fully saturated rings. The van der Waals surface area contributed by atoms with E-state index in [4.69, 9.17) is 24.2 Å². The van der Waals surface area contributed by atoms with Gasteiger partial charge in [-0.2, -0.15) is 4.98 Å². The van der Waals surface area contributed by atoms with Gasteiger partial charge in [0, 0.05) is 16.8 Å². The molecule has 0 bridgehead atoms. The molecule has 0 spiro atoms. The Kier molecular flexibility index (Phi) is 4.26. The van der Waals surface area contributed by atoms with Gasteiger partial charge in [-0.25, -0.2) is 0 Å². The monoisotopic (exact) mass is 539 g/mol. The molecule has 194 valence electrons. The fourth-order valence-corrected chi connectivity index (χ4v) is 6.95. The van der Waals surface area contributed by atoms with Gasteiger partial charge in [0.1, 0.15) is 28.7 Å². The molecule has 6 aromatic rings. The molecular weight excluding hydrogens is 520 g/mol. The van der Waals surface area contributed by atoms with Crippen LogP contribution in [0.2, 0.25) is 0 Å². The van der Waals surface area contributed by atoms with Gasteiger partial charge in [0.2, 0.25) is 5.88 Å². The third-order valence-corrected chi connectivity index (χ3v) is 8.66. The van der Waals surface area contributed by atoms with Crippen LogP contribution in [0.1, 0.15) is 0 Å². The lowest BCUT2D eigenvalue weighted by atomic mass is 9.34. The summed E-state index contributed by atoms with van der Waals surface area (Å²) in [5.74, 6) is 5.31. The van der Waals surface area contributed by atoms with Crippen molar-refractivity contribution in [1.29, 1.82) is 0 Å². The molecule has 0 radical (unpaired) electrons. The van der Waals surface area contributed by atoms with E-state index in [-0.39, 0.29) is 13.4 Å². The van der Waals surface area contributed by atoms with Crippen LogP contribution in [0, 0.1) is 0 Å². The van der Waals surface area contributed by atoms with Crippen LogP contribution >= 0.6 is 0 Å². The number of para-hydroxylation sites is 3. The van der Waals surface area contributed by atoms with Crippen molar-refractivity contribution in [2.45, 2.75) is 0 Å². The summed E-state index contributed by atoms with van der Waals surface area (Å²) >= 11 is 0. The summed E-state index contributed by atoms with van der Waals surface area (Å²) in [5.41, 5.74) is 7.90. The second-order valence-electron chi connectivity index (χ2n) is 10.9. The van der Waals surface area contributed by atoms with Gasteiger partial charge in [0.05, 0.1) is 11.2 Å².